The van der Waals surface area contributed by atoms with Crippen LogP contribution in [-0.2, 0) is 14.8 Å². The molecule has 0 bridgehead atoms. The van der Waals surface area contributed by atoms with E-state index < -0.39 is 10.0 Å². The summed E-state index contributed by atoms with van der Waals surface area (Å²) in [6.07, 6.45) is 1.50. The predicted octanol–water partition coefficient (Wildman–Crippen LogP) is 3.98. The zero-order chi connectivity index (χ0) is 27.0. The molecule has 0 saturated carbocycles. The van der Waals surface area contributed by atoms with Crippen LogP contribution in [0.3, 0.4) is 0 Å². The lowest BCUT2D eigenvalue weighted by Crippen LogP contribution is -2.40. The van der Waals surface area contributed by atoms with E-state index in [2.05, 4.69) is 15.3 Å². The molecule has 4 heterocycles. The highest BCUT2D eigenvalue weighted by Crippen LogP contribution is 2.29. The van der Waals surface area contributed by atoms with Crippen molar-refractivity contribution in [2.75, 3.05) is 31.6 Å². The fraction of sp³-hybridized carbons (Fsp3) is 0.185. The van der Waals surface area contributed by atoms with Crippen molar-refractivity contribution in [2.24, 2.45) is 0 Å². The highest BCUT2D eigenvalue weighted by Gasteiger charge is 2.26. The third-order valence-corrected chi connectivity index (χ3v) is 9.24. The highest BCUT2D eigenvalue weighted by atomic mass is 32.2. The molecule has 198 valence electrons. The average molecular weight is 561 g/mol. The summed E-state index contributed by atoms with van der Waals surface area (Å²) in [4.78, 5) is 23.6. The van der Waals surface area contributed by atoms with Crippen molar-refractivity contribution in [3.63, 3.8) is 0 Å². The average Bonchev–Trinajstić information content (AvgIpc) is 3.50. The number of sulfonamides is 1. The van der Waals surface area contributed by atoms with Gasteiger partial charge in [-0.2, -0.15) is 14.1 Å². The molecule has 1 aliphatic heterocycles. The zero-order valence-corrected chi connectivity index (χ0v) is 22.6. The summed E-state index contributed by atoms with van der Waals surface area (Å²) < 4.78 is 33.9. The molecule has 2 aromatic carbocycles. The molecule has 5 aromatic rings. The number of para-hydroxylation sites is 1. The van der Waals surface area contributed by atoms with Crippen LogP contribution >= 0.6 is 11.3 Å². The predicted molar refractivity (Wildman–Crippen MR) is 150 cm³/mol. The molecule has 0 atom stereocenters. The number of rotatable bonds is 6. The van der Waals surface area contributed by atoms with E-state index >= 15 is 0 Å². The number of ether oxygens (including phenoxy) is 1. The van der Waals surface area contributed by atoms with Crippen LogP contribution in [0.25, 0.3) is 27.2 Å². The summed E-state index contributed by atoms with van der Waals surface area (Å²) >= 11 is 1.50. The zero-order valence-electron chi connectivity index (χ0n) is 20.9. The molecule has 1 N–H and O–H groups in total. The Bertz CT molecular complexity index is 1810. The number of fused-ring (bicyclic) bond motifs is 1. The van der Waals surface area contributed by atoms with Gasteiger partial charge < -0.3 is 10.1 Å². The Kier molecular flexibility index (Phi) is 6.69. The Morgan fingerprint density at radius 2 is 1.77 bits per heavy atom. The maximum atomic E-state index is 13.5. The molecule has 1 aliphatic rings. The minimum atomic E-state index is -3.60. The lowest BCUT2D eigenvalue weighted by atomic mass is 10.2. The SMILES string of the molecule is Cc1ccccc1-n1nc(-c2cccs2)c2nc(Nc3ccc(S(=O)(=O)N4CCOCC4)cc3)ncc2c1=O. The molecule has 12 heteroatoms. The number of nitrogens with one attached hydrogen (secondary N) is 1. The van der Waals surface area contributed by atoms with Gasteiger partial charge in [0.15, 0.2) is 0 Å². The van der Waals surface area contributed by atoms with Gasteiger partial charge in [-0.1, -0.05) is 24.3 Å². The van der Waals surface area contributed by atoms with Crippen molar-refractivity contribution in [1.82, 2.24) is 24.1 Å². The minimum absolute atomic E-state index is 0.204. The Balaban J connectivity index is 1.37. The molecule has 0 amide bonds. The van der Waals surface area contributed by atoms with Crippen LogP contribution in [0.15, 0.2) is 81.9 Å². The van der Waals surface area contributed by atoms with Gasteiger partial charge in [0, 0.05) is 25.0 Å². The van der Waals surface area contributed by atoms with Crippen LogP contribution in [-0.4, -0.2) is 58.8 Å². The Morgan fingerprint density at radius 3 is 2.49 bits per heavy atom. The second-order valence-electron chi connectivity index (χ2n) is 8.95. The van der Waals surface area contributed by atoms with Gasteiger partial charge in [-0.15, -0.1) is 11.3 Å². The molecule has 1 fully saturated rings. The van der Waals surface area contributed by atoms with Crippen LogP contribution in [0.2, 0.25) is 0 Å². The van der Waals surface area contributed by atoms with Gasteiger partial charge in [0.1, 0.15) is 11.2 Å². The number of hydrogen-bond acceptors (Lipinski definition) is 9. The molecule has 0 unspecified atom stereocenters. The van der Waals surface area contributed by atoms with Crippen LogP contribution in [0.1, 0.15) is 5.56 Å². The van der Waals surface area contributed by atoms with Gasteiger partial charge in [-0.3, -0.25) is 4.79 Å². The van der Waals surface area contributed by atoms with Gasteiger partial charge in [0.2, 0.25) is 16.0 Å². The number of anilines is 2. The first kappa shape index (κ1) is 25.3. The van der Waals surface area contributed by atoms with E-state index in [1.54, 1.807) is 24.3 Å². The van der Waals surface area contributed by atoms with E-state index in [1.807, 2.05) is 48.7 Å². The first-order chi connectivity index (χ1) is 18.9. The smallest absolute Gasteiger partial charge is 0.282 e. The van der Waals surface area contributed by atoms with E-state index in [1.165, 1.54) is 26.5 Å². The second kappa shape index (κ2) is 10.3. The molecule has 39 heavy (non-hydrogen) atoms. The molecule has 0 radical (unpaired) electrons. The number of benzene rings is 2. The maximum Gasteiger partial charge on any atom is 0.282 e. The first-order valence-electron chi connectivity index (χ1n) is 12.3. The van der Waals surface area contributed by atoms with Crippen molar-refractivity contribution in [1.29, 1.82) is 0 Å². The van der Waals surface area contributed by atoms with Crippen molar-refractivity contribution < 1.29 is 13.2 Å². The fourth-order valence-corrected chi connectivity index (χ4v) is 6.52. The number of nitrogens with zero attached hydrogens (tertiary/aromatic N) is 5. The summed E-state index contributed by atoms with van der Waals surface area (Å²) in [5.41, 5.74) is 2.90. The quantitative estimate of drug-likeness (QED) is 0.331. The van der Waals surface area contributed by atoms with Crippen molar-refractivity contribution >= 4 is 43.9 Å². The molecule has 1 saturated heterocycles. The fourth-order valence-electron chi connectivity index (χ4n) is 4.40. The summed E-state index contributed by atoms with van der Waals surface area (Å²) in [5.74, 6) is 0.263. The third kappa shape index (κ3) is 4.83. The molecular formula is C27H24N6O4S2. The highest BCUT2D eigenvalue weighted by molar-refractivity contribution is 7.89. The van der Waals surface area contributed by atoms with E-state index in [0.29, 0.717) is 54.3 Å². The van der Waals surface area contributed by atoms with Crippen molar-refractivity contribution in [2.45, 2.75) is 11.8 Å². The van der Waals surface area contributed by atoms with Gasteiger partial charge in [0.25, 0.3) is 5.56 Å². The molecule has 10 nitrogen and oxygen atoms in total. The molecule has 0 spiro atoms. The summed E-state index contributed by atoms with van der Waals surface area (Å²) in [6, 6.07) is 17.8. The monoisotopic (exact) mass is 560 g/mol. The van der Waals surface area contributed by atoms with Gasteiger partial charge in [-0.25, -0.2) is 18.4 Å². The van der Waals surface area contributed by atoms with E-state index in [9.17, 15) is 13.2 Å². The number of aromatic nitrogens is 4. The topological polar surface area (TPSA) is 119 Å². The van der Waals surface area contributed by atoms with Crippen LogP contribution in [0, 0.1) is 6.92 Å². The third-order valence-electron chi connectivity index (χ3n) is 6.45. The number of hydrogen-bond donors (Lipinski definition) is 1. The van der Waals surface area contributed by atoms with Gasteiger partial charge >= 0.3 is 0 Å². The van der Waals surface area contributed by atoms with E-state index in [-0.39, 0.29) is 16.4 Å². The normalized spacial score (nSPS) is 14.5. The standard InChI is InChI=1S/C27H24N6O4S2/c1-18-5-2-3-6-22(18)33-26(34)21-17-28-27(30-24(21)25(31-33)23-7-4-16-38-23)29-19-8-10-20(11-9-19)39(35,36)32-12-14-37-15-13-32/h2-11,16-17H,12-15H2,1H3,(H,28,29,30). The molecule has 3 aromatic heterocycles. The Morgan fingerprint density at radius 1 is 1.00 bits per heavy atom. The van der Waals surface area contributed by atoms with Gasteiger partial charge in [-0.05, 0) is 54.3 Å². The first-order valence-corrected chi connectivity index (χ1v) is 14.6. The van der Waals surface area contributed by atoms with Crippen LogP contribution in [0.4, 0.5) is 11.6 Å². The lowest BCUT2D eigenvalue weighted by Gasteiger charge is -2.26. The summed E-state index contributed by atoms with van der Waals surface area (Å²) in [7, 11) is -3.60. The lowest BCUT2D eigenvalue weighted by molar-refractivity contribution is 0.0730. The van der Waals surface area contributed by atoms with E-state index in [4.69, 9.17) is 9.84 Å². The largest absolute Gasteiger partial charge is 0.379 e. The van der Waals surface area contributed by atoms with Crippen molar-refractivity contribution in [3.05, 3.63) is 88.2 Å². The Hall–Kier alpha value is -3.97. The van der Waals surface area contributed by atoms with Gasteiger partial charge in [0.05, 0.1) is 34.1 Å². The maximum absolute atomic E-state index is 13.5. The van der Waals surface area contributed by atoms with E-state index in [0.717, 1.165) is 10.4 Å². The van der Waals surface area contributed by atoms with Crippen LogP contribution < -0.4 is 10.9 Å². The van der Waals surface area contributed by atoms with Crippen LogP contribution in [0.5, 0.6) is 0 Å². The Labute approximate surface area is 228 Å². The number of aryl methyl sites for hydroxylation is 1. The van der Waals surface area contributed by atoms with Crippen molar-refractivity contribution in [3.8, 4) is 16.3 Å². The number of thiophene rings is 1. The summed E-state index contributed by atoms with van der Waals surface area (Å²) in [6.45, 7) is 3.37. The number of morpholine rings is 1. The molecule has 6 rings (SSSR count). The molecular weight excluding hydrogens is 536 g/mol. The second-order valence-corrected chi connectivity index (χ2v) is 11.8. The molecule has 0 aliphatic carbocycles. The summed E-state index contributed by atoms with van der Waals surface area (Å²) in [5, 5.41) is 10.1. The minimum Gasteiger partial charge on any atom is -0.379 e.